The van der Waals surface area contributed by atoms with Gasteiger partial charge in [0.25, 0.3) is 11.7 Å². The van der Waals surface area contributed by atoms with Crippen LogP contribution in [0.4, 0.5) is 5.13 Å². The topological polar surface area (TPSA) is 311 Å². The van der Waals surface area contributed by atoms with Gasteiger partial charge in [-0.05, 0) is 26.0 Å². The van der Waals surface area contributed by atoms with Gasteiger partial charge >= 0.3 is 23.5 Å². The number of nitrogen functional groups attached to an aromatic ring is 1. The summed E-state index contributed by atoms with van der Waals surface area (Å²) < 4.78 is 1.08. The fourth-order valence-electron chi connectivity index (χ4n) is 3.65. The van der Waals surface area contributed by atoms with Crippen LogP contribution >= 0.6 is 34.9 Å². The molecule has 3 aromatic rings. The molecular weight excluding hydrogens is 706 g/mol. The molecule has 1 aromatic carbocycles. The maximum Gasteiger partial charge on any atom is 0.375 e. The van der Waals surface area contributed by atoms with E-state index in [9.17, 15) is 54.0 Å². The maximum atomic E-state index is 13.3. The number of carbonyl (C=O) groups excluding carboxylic acids is 4. The van der Waals surface area contributed by atoms with Crippen LogP contribution in [0.15, 0.2) is 33.8 Å². The van der Waals surface area contributed by atoms with Crippen molar-refractivity contribution in [2.45, 2.75) is 30.9 Å². The highest BCUT2D eigenvalue weighted by Crippen LogP contribution is 2.35. The smallest absolute Gasteiger partial charge is 0.375 e. The van der Waals surface area contributed by atoms with Crippen LogP contribution in [-0.4, -0.2) is 109 Å². The third-order valence-corrected chi connectivity index (χ3v) is 8.46. The average molecular weight is 728 g/mol. The van der Waals surface area contributed by atoms with Gasteiger partial charge in [0.1, 0.15) is 30.0 Å². The number of phenolic OH excluding ortho intramolecular Hbond substituents is 2. The molecule has 1 aliphatic heterocycles. The number of hydrogen-bond acceptors (Lipinski definition) is 16. The average Bonchev–Trinajstić information content (AvgIpc) is 3.60. The second-order valence-electron chi connectivity index (χ2n) is 9.95. The first-order chi connectivity index (χ1) is 22.4. The molecule has 0 unspecified atom stereocenters. The summed E-state index contributed by atoms with van der Waals surface area (Å²) in [6.45, 7) is 1.44. The van der Waals surface area contributed by atoms with Gasteiger partial charge in [0.15, 0.2) is 22.3 Å². The number of anilines is 1. The standard InChI is InChI=1S/C24H22ClN9O12S2/c1-24(2,21(43)44)46-31-13(9-6-47-22(26)28-9)17(40)29-14-19(42)32(5-11(36)37)20(14)48-34-23(45)33(7-27-34)30-18(41)15(38)8-3-4-10(35)16(39)12(8)25/h3-4,6-7,14,20,35,39H,5H2,1-2H3,(H2,26,28)(H,29,40)(H,30,41)(H,36,37)(H,43,44)/b31-13-/t14-,20-/m1/s1. The van der Waals surface area contributed by atoms with Gasteiger partial charge in [-0.1, -0.05) is 16.8 Å². The number of Topliss-reactive ketones (excluding diaryl/α,β-unsaturated/α-hetero) is 1. The Hall–Kier alpha value is -5.68. The SMILES string of the molecule is CC(C)(O/N=C(\C(=O)N[C@@H]1C(=O)N(CC(=O)O)[C@@H]1Sn1ncn(NC(=O)C(=O)c2ccc(O)c(O)c2Cl)c1=O)c1csc(N)n1)C(=O)O. The molecule has 0 saturated carbocycles. The van der Waals surface area contributed by atoms with Crippen molar-refractivity contribution >= 4 is 81.2 Å². The molecule has 3 amide bonds. The molecule has 21 nitrogen and oxygen atoms in total. The Balaban J connectivity index is 1.56. The molecule has 2 atom stereocenters. The van der Waals surface area contributed by atoms with Crippen molar-refractivity contribution in [3.8, 4) is 11.5 Å². The molecule has 1 aliphatic rings. The normalized spacial score (nSPS) is 16.2. The van der Waals surface area contributed by atoms with Crippen LogP contribution in [0, 0.1) is 0 Å². The number of oxime groups is 1. The van der Waals surface area contributed by atoms with E-state index in [4.69, 9.17) is 22.2 Å². The number of carbonyl (C=O) groups is 6. The van der Waals surface area contributed by atoms with Crippen molar-refractivity contribution in [3.05, 3.63) is 50.6 Å². The minimum absolute atomic E-state index is 0.0110. The van der Waals surface area contributed by atoms with E-state index in [1.165, 1.54) is 5.38 Å². The molecule has 8 N–H and O–H groups in total. The third-order valence-electron chi connectivity index (χ3n) is 6.21. The molecule has 1 fully saturated rings. The summed E-state index contributed by atoms with van der Waals surface area (Å²) in [7, 11) is 0. The highest BCUT2D eigenvalue weighted by Gasteiger charge is 2.51. The molecule has 254 valence electrons. The van der Waals surface area contributed by atoms with E-state index in [1.54, 1.807) is 0 Å². The maximum absolute atomic E-state index is 13.3. The molecule has 24 heteroatoms. The number of ketones is 1. The van der Waals surface area contributed by atoms with Crippen molar-refractivity contribution < 1.29 is 54.0 Å². The number of nitrogens with two attached hydrogens (primary N) is 1. The number of amides is 3. The van der Waals surface area contributed by atoms with E-state index in [-0.39, 0.29) is 10.8 Å². The van der Waals surface area contributed by atoms with Crippen LogP contribution in [0.25, 0.3) is 0 Å². The van der Waals surface area contributed by atoms with Gasteiger partial charge in [-0.2, -0.15) is 4.68 Å². The zero-order chi connectivity index (χ0) is 35.7. The monoisotopic (exact) mass is 727 g/mol. The second-order valence-corrected chi connectivity index (χ2v) is 12.3. The lowest BCUT2D eigenvalue weighted by atomic mass is 10.1. The number of benzene rings is 1. The summed E-state index contributed by atoms with van der Waals surface area (Å²) in [5.74, 6) is -9.09. The van der Waals surface area contributed by atoms with Crippen molar-refractivity contribution in [2.75, 3.05) is 17.7 Å². The van der Waals surface area contributed by atoms with Crippen molar-refractivity contribution in [1.29, 1.82) is 0 Å². The minimum Gasteiger partial charge on any atom is -0.504 e. The van der Waals surface area contributed by atoms with Crippen LogP contribution in [0.2, 0.25) is 5.02 Å². The number of rotatable bonds is 13. The summed E-state index contributed by atoms with van der Waals surface area (Å²) in [4.78, 5) is 97.0. The number of nitrogens with one attached hydrogen (secondary N) is 2. The Morgan fingerprint density at radius 1 is 1.17 bits per heavy atom. The van der Waals surface area contributed by atoms with Crippen LogP contribution in [-0.2, 0) is 28.8 Å². The molecule has 0 aliphatic carbocycles. The van der Waals surface area contributed by atoms with Gasteiger partial charge in [-0.15, -0.1) is 20.5 Å². The molecule has 4 rings (SSSR count). The van der Waals surface area contributed by atoms with E-state index < -0.39 is 92.5 Å². The summed E-state index contributed by atoms with van der Waals surface area (Å²) in [5, 5.41) is 47.0. The number of carboxylic acids is 2. The molecular formula is C24H22ClN9O12S2. The van der Waals surface area contributed by atoms with Crippen LogP contribution in [0.3, 0.4) is 0 Å². The lowest BCUT2D eigenvalue weighted by molar-refractivity contribution is -0.161. The zero-order valence-corrected chi connectivity index (χ0v) is 26.6. The Labute approximate surface area is 279 Å². The number of hydrogen-bond donors (Lipinski definition) is 7. The molecule has 1 saturated heterocycles. The number of nitrogens with zero attached hydrogens (tertiary/aromatic N) is 6. The Morgan fingerprint density at radius 3 is 2.46 bits per heavy atom. The van der Waals surface area contributed by atoms with Crippen molar-refractivity contribution in [3.63, 3.8) is 0 Å². The second kappa shape index (κ2) is 13.6. The summed E-state index contributed by atoms with van der Waals surface area (Å²) in [6.07, 6.45) is 0.769. The Morgan fingerprint density at radius 2 is 1.85 bits per heavy atom. The van der Waals surface area contributed by atoms with Crippen molar-refractivity contribution in [2.24, 2.45) is 5.16 Å². The van der Waals surface area contributed by atoms with Crippen LogP contribution < -0.4 is 22.2 Å². The summed E-state index contributed by atoms with van der Waals surface area (Å²) >= 11 is 7.18. The number of aliphatic carboxylic acids is 2. The first-order valence-corrected chi connectivity index (χ1v) is 15.0. The molecule has 0 radical (unpaired) electrons. The van der Waals surface area contributed by atoms with Gasteiger partial charge in [0.2, 0.25) is 11.5 Å². The molecule has 0 spiro atoms. The molecule has 2 aromatic heterocycles. The summed E-state index contributed by atoms with van der Waals surface area (Å²) in [6, 6.07) is 0.359. The lowest BCUT2D eigenvalue weighted by Gasteiger charge is -2.44. The molecule has 48 heavy (non-hydrogen) atoms. The predicted molar refractivity (Wildman–Crippen MR) is 164 cm³/mol. The van der Waals surface area contributed by atoms with E-state index in [0.29, 0.717) is 20.7 Å². The molecule has 0 bridgehead atoms. The fraction of sp³-hybridized carbons (Fsp3) is 0.250. The van der Waals surface area contributed by atoms with Gasteiger partial charge in [-0.25, -0.2) is 14.6 Å². The van der Waals surface area contributed by atoms with Crippen LogP contribution in [0.5, 0.6) is 11.5 Å². The largest absolute Gasteiger partial charge is 0.504 e. The quantitative estimate of drug-likeness (QED) is 0.0266. The summed E-state index contributed by atoms with van der Waals surface area (Å²) in [5.41, 5.74) is 3.37. The van der Waals surface area contributed by atoms with Gasteiger partial charge < -0.3 is 41.2 Å². The number of β-lactam (4-membered cyclic amide) rings is 1. The van der Waals surface area contributed by atoms with E-state index in [1.807, 2.05) is 5.43 Å². The number of phenols is 2. The number of likely N-dealkylation sites (tertiary alicyclic amines) is 1. The highest BCUT2D eigenvalue weighted by molar-refractivity contribution is 7.98. The van der Waals surface area contributed by atoms with Gasteiger partial charge in [-0.3, -0.25) is 29.4 Å². The molecule has 3 heterocycles. The number of thiazole rings is 1. The van der Waals surface area contributed by atoms with Gasteiger partial charge in [0, 0.05) is 17.3 Å². The minimum atomic E-state index is -1.89. The lowest BCUT2D eigenvalue weighted by Crippen LogP contribution is -2.71. The van der Waals surface area contributed by atoms with Crippen molar-refractivity contribution in [1.82, 2.24) is 29.1 Å². The Kier molecular flexibility index (Phi) is 9.96. The Bertz CT molecular complexity index is 1940. The predicted octanol–water partition coefficient (Wildman–Crippen LogP) is -1.38. The van der Waals surface area contributed by atoms with E-state index >= 15 is 0 Å². The van der Waals surface area contributed by atoms with E-state index in [2.05, 4.69) is 20.6 Å². The fourth-order valence-corrected chi connectivity index (χ4v) is 5.52. The van der Waals surface area contributed by atoms with Crippen LogP contribution in [0.1, 0.15) is 29.9 Å². The number of aromatic nitrogens is 4. The first-order valence-electron chi connectivity index (χ1n) is 12.9. The number of carboxylic acid groups (broad SMARTS) is 2. The highest BCUT2D eigenvalue weighted by atomic mass is 35.5. The third kappa shape index (κ3) is 7.16. The number of aromatic hydroxyl groups is 2. The number of halogens is 1. The first kappa shape index (κ1) is 35.2. The zero-order valence-electron chi connectivity index (χ0n) is 24.2. The van der Waals surface area contributed by atoms with Gasteiger partial charge in [0.05, 0.1) is 10.6 Å². The van der Waals surface area contributed by atoms with E-state index in [0.717, 1.165) is 48.5 Å².